The second-order valence-electron chi connectivity index (χ2n) is 9.64. The average molecular weight is 524 g/mol. The highest BCUT2D eigenvalue weighted by atomic mass is 32.2. The molecule has 1 N–H and O–H groups in total. The van der Waals surface area contributed by atoms with E-state index in [1.165, 1.54) is 4.31 Å². The zero-order valence-corrected chi connectivity index (χ0v) is 22.6. The first-order valence-electron chi connectivity index (χ1n) is 12.7. The zero-order chi connectivity index (χ0) is 27.0. The molecule has 0 aliphatic heterocycles. The lowest BCUT2D eigenvalue weighted by Gasteiger charge is -2.40. The molecule has 0 aliphatic carbocycles. The van der Waals surface area contributed by atoms with E-state index in [9.17, 15) is 13.5 Å². The molecule has 4 aromatic carbocycles. The SMILES string of the molecule is Cc1ccc(S(=O)(=O)N(CC#Cc2ccccc2)[C@@H](C)C(O)(Cc2ccccc2)Cc2ccccc2)cc1. The van der Waals surface area contributed by atoms with Gasteiger partial charge < -0.3 is 5.11 Å². The van der Waals surface area contributed by atoms with E-state index in [1.807, 2.05) is 97.9 Å². The van der Waals surface area contributed by atoms with Crippen molar-refractivity contribution in [3.63, 3.8) is 0 Å². The lowest BCUT2D eigenvalue weighted by Crippen LogP contribution is -2.55. The smallest absolute Gasteiger partial charge is 0.244 e. The largest absolute Gasteiger partial charge is 0.388 e. The molecule has 0 amide bonds. The van der Waals surface area contributed by atoms with Crippen molar-refractivity contribution in [1.82, 2.24) is 4.31 Å². The summed E-state index contributed by atoms with van der Waals surface area (Å²) in [7, 11) is -3.97. The summed E-state index contributed by atoms with van der Waals surface area (Å²) >= 11 is 0. The highest BCUT2D eigenvalue weighted by molar-refractivity contribution is 7.89. The van der Waals surface area contributed by atoms with Crippen LogP contribution in [0.3, 0.4) is 0 Å². The van der Waals surface area contributed by atoms with Crippen molar-refractivity contribution in [3.8, 4) is 11.8 Å². The Kier molecular flexibility index (Phi) is 8.81. The maximum atomic E-state index is 14.0. The fraction of sp³-hybridized carbons (Fsp3) is 0.212. The van der Waals surface area contributed by atoms with E-state index in [0.717, 1.165) is 22.3 Å². The predicted molar refractivity (Wildman–Crippen MR) is 153 cm³/mol. The van der Waals surface area contributed by atoms with E-state index in [2.05, 4.69) is 11.8 Å². The van der Waals surface area contributed by atoms with Crippen LogP contribution in [0.25, 0.3) is 0 Å². The number of aliphatic hydroxyl groups is 1. The summed E-state index contributed by atoms with van der Waals surface area (Å²) < 4.78 is 29.4. The van der Waals surface area contributed by atoms with Gasteiger partial charge in [-0.1, -0.05) is 108 Å². The minimum atomic E-state index is -3.97. The summed E-state index contributed by atoms with van der Waals surface area (Å²) in [6, 6.07) is 34.9. The zero-order valence-electron chi connectivity index (χ0n) is 21.8. The summed E-state index contributed by atoms with van der Waals surface area (Å²) in [5.41, 5.74) is 2.24. The minimum Gasteiger partial charge on any atom is -0.388 e. The molecule has 5 heteroatoms. The van der Waals surface area contributed by atoms with Crippen LogP contribution in [-0.2, 0) is 22.9 Å². The van der Waals surface area contributed by atoms with E-state index in [4.69, 9.17) is 0 Å². The number of hydrogen-bond donors (Lipinski definition) is 1. The van der Waals surface area contributed by atoms with E-state index >= 15 is 0 Å². The molecule has 0 saturated carbocycles. The van der Waals surface area contributed by atoms with Gasteiger partial charge in [-0.15, -0.1) is 0 Å². The first kappa shape index (κ1) is 27.3. The molecule has 4 aromatic rings. The molecule has 0 spiro atoms. The van der Waals surface area contributed by atoms with Gasteiger partial charge in [-0.25, -0.2) is 8.42 Å². The quantitative estimate of drug-likeness (QED) is 0.289. The molecule has 1 atom stereocenters. The van der Waals surface area contributed by atoms with Crippen LogP contribution in [0.15, 0.2) is 120 Å². The molecule has 0 heterocycles. The number of benzene rings is 4. The van der Waals surface area contributed by atoms with Crippen LogP contribution in [0.4, 0.5) is 0 Å². The molecule has 38 heavy (non-hydrogen) atoms. The van der Waals surface area contributed by atoms with Gasteiger partial charge in [-0.3, -0.25) is 0 Å². The van der Waals surface area contributed by atoms with E-state index in [0.29, 0.717) is 0 Å². The molecule has 194 valence electrons. The van der Waals surface area contributed by atoms with Crippen LogP contribution in [0.5, 0.6) is 0 Å². The Balaban J connectivity index is 1.76. The van der Waals surface area contributed by atoms with Crippen molar-refractivity contribution >= 4 is 10.0 Å². The molecule has 0 aromatic heterocycles. The van der Waals surface area contributed by atoms with Crippen molar-refractivity contribution in [2.45, 2.75) is 43.2 Å². The Morgan fingerprint density at radius 3 is 1.74 bits per heavy atom. The Hall–Kier alpha value is -3.69. The Bertz CT molecular complexity index is 1430. The summed E-state index contributed by atoms with van der Waals surface area (Å²) in [5, 5.41) is 12.3. The number of hydrogen-bond acceptors (Lipinski definition) is 3. The molecular formula is C33H33NO3S. The van der Waals surface area contributed by atoms with Crippen LogP contribution >= 0.6 is 0 Å². The van der Waals surface area contributed by atoms with Gasteiger partial charge in [0, 0.05) is 18.4 Å². The number of aryl methyl sites for hydroxylation is 1. The number of rotatable bonds is 9. The van der Waals surface area contributed by atoms with Crippen LogP contribution < -0.4 is 0 Å². The predicted octanol–water partition coefficient (Wildman–Crippen LogP) is 5.64. The van der Waals surface area contributed by atoms with E-state index in [-0.39, 0.29) is 24.3 Å². The maximum Gasteiger partial charge on any atom is 0.244 e. The lowest BCUT2D eigenvalue weighted by atomic mass is 9.82. The highest BCUT2D eigenvalue weighted by Crippen LogP contribution is 2.30. The van der Waals surface area contributed by atoms with Crippen LogP contribution in [0, 0.1) is 18.8 Å². The molecule has 0 unspecified atom stereocenters. The Morgan fingerprint density at radius 1 is 0.763 bits per heavy atom. The van der Waals surface area contributed by atoms with Crippen LogP contribution in [0.1, 0.15) is 29.2 Å². The molecule has 0 bridgehead atoms. The summed E-state index contributed by atoms with van der Waals surface area (Å²) in [5.74, 6) is 6.13. The van der Waals surface area contributed by atoms with Crippen molar-refractivity contribution in [2.75, 3.05) is 6.54 Å². The van der Waals surface area contributed by atoms with Gasteiger partial charge in [0.15, 0.2) is 0 Å². The molecule has 0 saturated heterocycles. The number of nitrogens with zero attached hydrogens (tertiary/aromatic N) is 1. The normalized spacial score (nSPS) is 12.5. The summed E-state index contributed by atoms with van der Waals surface area (Å²) in [6.07, 6.45) is 0.575. The van der Waals surface area contributed by atoms with Crippen LogP contribution in [0.2, 0.25) is 0 Å². The minimum absolute atomic E-state index is 0.0574. The fourth-order valence-electron chi connectivity index (χ4n) is 4.54. The van der Waals surface area contributed by atoms with Crippen molar-refractivity contribution in [2.24, 2.45) is 0 Å². The molecule has 4 nitrogen and oxygen atoms in total. The third-order valence-corrected chi connectivity index (χ3v) is 8.72. The second-order valence-corrected chi connectivity index (χ2v) is 11.5. The fourth-order valence-corrected chi connectivity index (χ4v) is 6.14. The first-order valence-corrected chi connectivity index (χ1v) is 14.1. The molecule has 0 radical (unpaired) electrons. The highest BCUT2D eigenvalue weighted by Gasteiger charge is 2.42. The monoisotopic (exact) mass is 523 g/mol. The molecule has 0 aliphatic rings. The first-order chi connectivity index (χ1) is 18.3. The number of sulfonamides is 1. The maximum absolute atomic E-state index is 14.0. The van der Waals surface area contributed by atoms with E-state index < -0.39 is 21.7 Å². The second kappa shape index (κ2) is 12.2. The molecular weight excluding hydrogens is 490 g/mol. The van der Waals surface area contributed by atoms with Crippen molar-refractivity contribution in [3.05, 3.63) is 138 Å². The average Bonchev–Trinajstić information content (AvgIpc) is 2.92. The van der Waals surface area contributed by atoms with Gasteiger partial charge in [0.2, 0.25) is 10.0 Å². The molecule has 0 fully saturated rings. The van der Waals surface area contributed by atoms with Gasteiger partial charge in [0.1, 0.15) is 0 Å². The molecule has 4 rings (SSSR count). The van der Waals surface area contributed by atoms with Gasteiger partial charge >= 0.3 is 0 Å². The topological polar surface area (TPSA) is 57.6 Å². The van der Waals surface area contributed by atoms with Crippen LogP contribution in [-0.4, -0.2) is 36.0 Å². The third kappa shape index (κ3) is 6.79. The van der Waals surface area contributed by atoms with Gasteiger partial charge in [-0.05, 0) is 49.2 Å². The Labute approximate surface area is 226 Å². The lowest BCUT2D eigenvalue weighted by molar-refractivity contribution is -0.0143. The summed E-state index contributed by atoms with van der Waals surface area (Å²) in [6.45, 7) is 3.64. The van der Waals surface area contributed by atoms with Crippen molar-refractivity contribution < 1.29 is 13.5 Å². The van der Waals surface area contributed by atoms with E-state index in [1.54, 1.807) is 31.2 Å². The standard InChI is InChI=1S/C33H33NO3S/c1-27-20-22-32(23-21-27)38(36,37)34(24-12-19-29-13-6-3-7-14-29)28(2)33(35,25-30-15-8-4-9-16-30)26-31-17-10-5-11-18-31/h3-11,13-18,20-23,28,35H,24-26H2,1-2H3/t28-/m0/s1. The van der Waals surface area contributed by atoms with Gasteiger partial charge in [0.25, 0.3) is 0 Å². The van der Waals surface area contributed by atoms with Gasteiger partial charge in [-0.2, -0.15) is 4.31 Å². The van der Waals surface area contributed by atoms with Gasteiger partial charge in [0.05, 0.1) is 23.1 Å². The summed E-state index contributed by atoms with van der Waals surface area (Å²) in [4.78, 5) is 0.179. The van der Waals surface area contributed by atoms with Crippen molar-refractivity contribution in [1.29, 1.82) is 0 Å². The third-order valence-electron chi connectivity index (χ3n) is 6.78. The Morgan fingerprint density at radius 2 is 1.24 bits per heavy atom.